The molecule has 1 aliphatic carbocycles. The fourth-order valence-electron chi connectivity index (χ4n) is 4.73. The van der Waals surface area contributed by atoms with E-state index < -0.39 is 22.7 Å². The molecule has 5 rings (SSSR count). The van der Waals surface area contributed by atoms with Crippen LogP contribution in [0.3, 0.4) is 0 Å². The van der Waals surface area contributed by atoms with Gasteiger partial charge in [-0.3, -0.25) is 10.1 Å². The molecule has 1 aliphatic rings. The lowest BCUT2D eigenvalue weighted by Crippen LogP contribution is -2.23. The first-order chi connectivity index (χ1) is 18.8. The third-order valence-corrected chi connectivity index (χ3v) is 8.18. The van der Waals surface area contributed by atoms with Gasteiger partial charge in [0.25, 0.3) is 0 Å². The molecule has 1 fully saturated rings. The topological polar surface area (TPSA) is 64.6 Å². The van der Waals surface area contributed by atoms with Crippen LogP contribution in [0.25, 0.3) is 21.6 Å². The van der Waals surface area contributed by atoms with Crippen LogP contribution in [-0.2, 0) is 19.7 Å². The Hall–Kier alpha value is -3.68. The Kier molecular flexibility index (Phi) is 7.73. The summed E-state index contributed by atoms with van der Waals surface area (Å²) in [6.45, 7) is 3.81. The molecule has 1 amide bonds. The second kappa shape index (κ2) is 11.2. The van der Waals surface area contributed by atoms with Crippen molar-refractivity contribution >= 4 is 40.7 Å². The van der Waals surface area contributed by atoms with Crippen molar-refractivity contribution in [1.29, 1.82) is 0 Å². The molecule has 1 N–H and O–H groups in total. The lowest BCUT2D eigenvalue weighted by Gasteiger charge is -2.19. The number of halogens is 2. The summed E-state index contributed by atoms with van der Waals surface area (Å²) in [5, 5.41) is 2.74. The van der Waals surface area contributed by atoms with E-state index in [4.69, 9.17) is 21.1 Å². The minimum Gasteiger partial charge on any atom is -0.465 e. The minimum atomic E-state index is -0.732. The van der Waals surface area contributed by atoms with Crippen LogP contribution < -0.4 is 5.32 Å². The second-order valence-corrected chi connectivity index (χ2v) is 10.8. The number of esters is 1. The lowest BCUT2D eigenvalue weighted by atomic mass is 9.89. The normalized spacial score (nSPS) is 14.4. The highest BCUT2D eigenvalue weighted by atomic mass is 35.5. The maximum atomic E-state index is 14.7. The Labute approximate surface area is 235 Å². The van der Waals surface area contributed by atoms with Crippen molar-refractivity contribution in [2.75, 3.05) is 11.9 Å². The molecule has 4 aromatic rings. The van der Waals surface area contributed by atoms with E-state index in [1.807, 2.05) is 54.6 Å². The number of amides is 1. The highest BCUT2D eigenvalue weighted by molar-refractivity contribution is 7.14. The minimum absolute atomic E-state index is 0.253. The van der Waals surface area contributed by atoms with Gasteiger partial charge in [-0.25, -0.2) is 4.79 Å². The van der Waals surface area contributed by atoms with Crippen LogP contribution in [0.15, 0.2) is 78.9 Å². The summed E-state index contributed by atoms with van der Waals surface area (Å²) in [6.07, 6.45) is 0.0235. The van der Waals surface area contributed by atoms with E-state index in [1.165, 1.54) is 6.07 Å². The quantitative estimate of drug-likeness (QED) is 0.218. The van der Waals surface area contributed by atoms with Crippen LogP contribution >= 0.6 is 22.9 Å². The van der Waals surface area contributed by atoms with Crippen LogP contribution in [0.5, 0.6) is 0 Å². The van der Waals surface area contributed by atoms with Gasteiger partial charge in [-0.1, -0.05) is 72.3 Å². The average molecular weight is 564 g/mol. The van der Waals surface area contributed by atoms with E-state index in [0.717, 1.165) is 28.0 Å². The zero-order valence-electron chi connectivity index (χ0n) is 21.5. The average Bonchev–Trinajstić information content (AvgIpc) is 3.67. The highest BCUT2D eigenvalue weighted by Crippen LogP contribution is 2.52. The third kappa shape index (κ3) is 5.56. The molecule has 1 saturated carbocycles. The molecule has 0 spiro atoms. The Bertz CT molecular complexity index is 1520. The summed E-state index contributed by atoms with van der Waals surface area (Å²) in [6, 6.07) is 23.9. The maximum Gasteiger partial charge on any atom is 0.412 e. The number of anilines is 1. The van der Waals surface area contributed by atoms with Gasteiger partial charge >= 0.3 is 12.1 Å². The number of thiophene rings is 1. The van der Waals surface area contributed by atoms with Gasteiger partial charge in [0.2, 0.25) is 0 Å². The summed E-state index contributed by atoms with van der Waals surface area (Å²) < 4.78 is 25.7. The molecule has 1 unspecified atom stereocenters. The summed E-state index contributed by atoms with van der Waals surface area (Å²) in [5.41, 5.74) is 3.54. The van der Waals surface area contributed by atoms with Crippen LogP contribution in [0.1, 0.15) is 43.9 Å². The summed E-state index contributed by atoms with van der Waals surface area (Å²) in [5.74, 6) is -0.253. The number of carbonyl (C=O) groups excluding carboxylic acids is 2. The highest BCUT2D eigenvalue weighted by Gasteiger charge is 2.53. The Morgan fingerprint density at radius 1 is 1.03 bits per heavy atom. The summed E-state index contributed by atoms with van der Waals surface area (Å²) >= 11 is 7.17. The van der Waals surface area contributed by atoms with Crippen molar-refractivity contribution in [2.24, 2.45) is 0 Å². The zero-order valence-corrected chi connectivity index (χ0v) is 23.1. The Morgan fingerprint density at radius 2 is 1.74 bits per heavy atom. The molecule has 1 heterocycles. The monoisotopic (exact) mass is 563 g/mol. The predicted molar refractivity (Wildman–Crippen MR) is 153 cm³/mol. The number of benzene rings is 3. The first-order valence-electron chi connectivity index (χ1n) is 12.7. The van der Waals surface area contributed by atoms with Gasteiger partial charge in [-0.15, -0.1) is 11.3 Å². The van der Waals surface area contributed by atoms with Crippen LogP contribution in [0, 0.1) is 5.13 Å². The summed E-state index contributed by atoms with van der Waals surface area (Å²) in [4.78, 5) is 26.2. The maximum absolute atomic E-state index is 14.7. The van der Waals surface area contributed by atoms with Crippen LogP contribution in [-0.4, -0.2) is 18.7 Å². The molecule has 200 valence electrons. The Balaban J connectivity index is 1.51. The van der Waals surface area contributed by atoms with Crippen molar-refractivity contribution in [1.82, 2.24) is 0 Å². The first-order valence-corrected chi connectivity index (χ1v) is 13.9. The van der Waals surface area contributed by atoms with Crippen molar-refractivity contribution in [3.8, 4) is 21.6 Å². The number of nitrogens with one attached hydrogen (secondary N) is 1. The van der Waals surface area contributed by atoms with Gasteiger partial charge < -0.3 is 9.47 Å². The molecule has 0 bridgehead atoms. The molecule has 0 aliphatic heterocycles. The van der Waals surface area contributed by atoms with Gasteiger partial charge in [0.1, 0.15) is 6.10 Å². The molecule has 1 aromatic heterocycles. The first kappa shape index (κ1) is 26.9. The molecule has 8 heteroatoms. The lowest BCUT2D eigenvalue weighted by molar-refractivity contribution is -0.146. The number of hydrogen-bond donors (Lipinski definition) is 1. The number of rotatable bonds is 8. The standard InChI is InChI=1S/C31H27ClFNO4S/c1-3-37-29(35)31(15-16-31)21-13-14-23(20-9-5-4-6-10-20)24(17-21)28-26(18-27(33)39-28)34-30(36)38-19(2)22-11-7-8-12-25(22)32/h4-14,17-19H,3,15-16H2,1-2H3,(H,34,36). The van der Waals surface area contributed by atoms with Gasteiger partial charge in [0.15, 0.2) is 5.13 Å². The van der Waals surface area contributed by atoms with Crippen molar-refractivity contribution in [3.63, 3.8) is 0 Å². The zero-order chi connectivity index (χ0) is 27.6. The fraction of sp³-hybridized carbons (Fsp3) is 0.226. The van der Waals surface area contributed by atoms with E-state index >= 15 is 0 Å². The molecular formula is C31H27ClFNO4S. The molecule has 0 radical (unpaired) electrons. The molecule has 3 aromatic carbocycles. The molecule has 39 heavy (non-hydrogen) atoms. The predicted octanol–water partition coefficient (Wildman–Crippen LogP) is 8.78. The van der Waals surface area contributed by atoms with Crippen molar-refractivity contribution in [2.45, 2.75) is 38.2 Å². The van der Waals surface area contributed by atoms with Gasteiger partial charge in [0, 0.05) is 22.2 Å². The van der Waals surface area contributed by atoms with E-state index in [9.17, 15) is 14.0 Å². The van der Waals surface area contributed by atoms with E-state index in [-0.39, 0.29) is 11.7 Å². The van der Waals surface area contributed by atoms with E-state index in [0.29, 0.717) is 40.5 Å². The number of carbonyl (C=O) groups is 2. The second-order valence-electron chi connectivity index (χ2n) is 9.42. The van der Waals surface area contributed by atoms with Crippen LogP contribution in [0.4, 0.5) is 14.9 Å². The van der Waals surface area contributed by atoms with Crippen molar-refractivity contribution < 1.29 is 23.5 Å². The number of ether oxygens (including phenoxy) is 2. The van der Waals surface area contributed by atoms with Crippen LogP contribution in [0.2, 0.25) is 5.02 Å². The fourth-order valence-corrected chi connectivity index (χ4v) is 5.89. The molecule has 1 atom stereocenters. The van der Waals surface area contributed by atoms with E-state index in [1.54, 1.807) is 32.0 Å². The molecular weight excluding hydrogens is 537 g/mol. The largest absolute Gasteiger partial charge is 0.465 e. The summed E-state index contributed by atoms with van der Waals surface area (Å²) in [7, 11) is 0. The van der Waals surface area contributed by atoms with Gasteiger partial charge in [0.05, 0.1) is 22.6 Å². The molecule has 0 saturated heterocycles. The molecule has 5 nitrogen and oxygen atoms in total. The van der Waals surface area contributed by atoms with Gasteiger partial charge in [-0.05, 0) is 55.5 Å². The van der Waals surface area contributed by atoms with Gasteiger partial charge in [-0.2, -0.15) is 4.39 Å². The Morgan fingerprint density at radius 3 is 2.44 bits per heavy atom. The SMILES string of the molecule is CCOC(=O)C1(c2ccc(-c3ccccc3)c(-c3sc(F)cc3NC(=O)OC(C)c3ccccc3Cl)c2)CC1. The number of hydrogen-bond acceptors (Lipinski definition) is 5. The van der Waals surface area contributed by atoms with Crippen molar-refractivity contribution in [3.05, 3.63) is 100 Å². The smallest absolute Gasteiger partial charge is 0.412 e. The third-order valence-electron chi connectivity index (χ3n) is 6.88. The van der Waals surface area contributed by atoms with E-state index in [2.05, 4.69) is 5.32 Å².